The van der Waals surface area contributed by atoms with Crippen LogP contribution in [0.25, 0.3) is 33.6 Å². The minimum Gasteiger partial charge on any atom is -0.337 e. The molecule has 2 N–H and O–H groups in total. The van der Waals surface area contributed by atoms with E-state index in [-0.39, 0.29) is 11.9 Å². The molecule has 0 bridgehead atoms. The molecule has 0 saturated heterocycles. The summed E-state index contributed by atoms with van der Waals surface area (Å²) in [5, 5.41) is 1.56. The van der Waals surface area contributed by atoms with E-state index in [4.69, 9.17) is 22.3 Å². The Morgan fingerprint density at radius 3 is 2.79 bits per heavy atom. The van der Waals surface area contributed by atoms with Crippen LogP contribution in [-0.2, 0) is 20.0 Å². The molecule has 170 valence electrons. The molecular formula is C25H27ClN6O. The number of aromatic nitrogens is 4. The molecule has 3 aromatic heterocycles. The minimum atomic E-state index is -0.0452. The predicted molar refractivity (Wildman–Crippen MR) is 130 cm³/mol. The molecule has 6 rings (SSSR count). The van der Waals surface area contributed by atoms with Gasteiger partial charge >= 0.3 is 0 Å². The summed E-state index contributed by atoms with van der Waals surface area (Å²) in [5.41, 5.74) is 11.6. The van der Waals surface area contributed by atoms with E-state index in [0.717, 1.165) is 57.7 Å². The fraction of sp³-hybridized carbons (Fsp3) is 0.400. The number of pyridine rings is 1. The summed E-state index contributed by atoms with van der Waals surface area (Å²) in [6.07, 6.45) is 3.32. The summed E-state index contributed by atoms with van der Waals surface area (Å²) in [6, 6.07) is 10.0. The van der Waals surface area contributed by atoms with Crippen molar-refractivity contribution >= 4 is 39.6 Å². The van der Waals surface area contributed by atoms with Gasteiger partial charge in [-0.25, -0.2) is 9.97 Å². The van der Waals surface area contributed by atoms with Crippen molar-refractivity contribution in [3.63, 3.8) is 0 Å². The van der Waals surface area contributed by atoms with Crippen LogP contribution in [0.2, 0.25) is 5.15 Å². The van der Waals surface area contributed by atoms with Crippen molar-refractivity contribution in [3.05, 3.63) is 46.6 Å². The second-order valence-electron chi connectivity index (χ2n) is 9.60. The number of carbonyl (C=O) groups excluding carboxylic acids is 1. The van der Waals surface area contributed by atoms with Gasteiger partial charge in [-0.2, -0.15) is 0 Å². The average molecular weight is 463 g/mol. The summed E-state index contributed by atoms with van der Waals surface area (Å²) >= 11 is 6.23. The topological polar surface area (TPSA) is 82.0 Å². The number of hydrogen-bond acceptors (Lipinski definition) is 4. The molecule has 7 nitrogen and oxygen atoms in total. The van der Waals surface area contributed by atoms with Crippen LogP contribution in [0.4, 0.5) is 0 Å². The molecule has 1 atom stereocenters. The molecule has 1 amide bonds. The van der Waals surface area contributed by atoms with Crippen LogP contribution in [0.1, 0.15) is 35.7 Å². The molecule has 1 aliphatic heterocycles. The molecule has 4 aromatic rings. The lowest BCUT2D eigenvalue weighted by Crippen LogP contribution is -2.43. The lowest BCUT2D eigenvalue weighted by Gasteiger charge is -2.29. The Bertz CT molecular complexity index is 1410. The third kappa shape index (κ3) is 3.50. The Morgan fingerprint density at radius 1 is 1.21 bits per heavy atom. The number of carbonyl (C=O) groups is 1. The van der Waals surface area contributed by atoms with E-state index in [0.29, 0.717) is 24.2 Å². The van der Waals surface area contributed by atoms with Gasteiger partial charge in [0.05, 0.1) is 16.7 Å². The van der Waals surface area contributed by atoms with Crippen LogP contribution in [0.3, 0.4) is 0 Å². The molecule has 2 aliphatic rings. The molecule has 0 radical (unpaired) electrons. The number of fused-ring (bicyclic) bond motifs is 3. The zero-order valence-corrected chi connectivity index (χ0v) is 19.6. The van der Waals surface area contributed by atoms with E-state index in [1.165, 1.54) is 12.8 Å². The lowest BCUT2D eigenvalue weighted by molar-refractivity contribution is 0.0732. The van der Waals surface area contributed by atoms with Gasteiger partial charge in [-0.1, -0.05) is 11.6 Å². The fourth-order valence-electron chi connectivity index (χ4n) is 5.00. The number of hydrogen-bond donors (Lipinski definition) is 1. The summed E-state index contributed by atoms with van der Waals surface area (Å²) in [5.74, 6) is 1.60. The van der Waals surface area contributed by atoms with Crippen LogP contribution in [0.15, 0.2) is 30.3 Å². The van der Waals surface area contributed by atoms with E-state index in [1.807, 2.05) is 37.1 Å². The van der Waals surface area contributed by atoms with Crippen molar-refractivity contribution in [1.29, 1.82) is 0 Å². The highest BCUT2D eigenvalue weighted by molar-refractivity contribution is 6.29. The number of imidazole rings is 1. The van der Waals surface area contributed by atoms with Crippen LogP contribution < -0.4 is 5.73 Å². The van der Waals surface area contributed by atoms with Gasteiger partial charge in [-0.15, -0.1) is 0 Å². The molecule has 4 heterocycles. The maximum absolute atomic E-state index is 13.1. The zero-order chi connectivity index (χ0) is 22.9. The third-order valence-electron chi connectivity index (χ3n) is 6.86. The van der Waals surface area contributed by atoms with E-state index in [1.54, 1.807) is 0 Å². The normalized spacial score (nSPS) is 17.2. The molecular weight excluding hydrogens is 436 g/mol. The Hall–Kier alpha value is -2.90. The van der Waals surface area contributed by atoms with E-state index in [9.17, 15) is 4.79 Å². The van der Waals surface area contributed by atoms with Crippen molar-refractivity contribution in [2.45, 2.75) is 38.8 Å². The first-order chi connectivity index (χ1) is 15.9. The third-order valence-corrected chi connectivity index (χ3v) is 7.07. The summed E-state index contributed by atoms with van der Waals surface area (Å²) in [6.45, 7) is 4.11. The molecule has 1 fully saturated rings. The maximum Gasteiger partial charge on any atom is 0.254 e. The van der Waals surface area contributed by atoms with Crippen LogP contribution in [0.5, 0.6) is 0 Å². The largest absolute Gasteiger partial charge is 0.337 e. The van der Waals surface area contributed by atoms with Gasteiger partial charge in [0, 0.05) is 43.7 Å². The van der Waals surface area contributed by atoms with Gasteiger partial charge in [0.2, 0.25) is 0 Å². The number of aryl methyl sites for hydroxylation is 1. The predicted octanol–water partition coefficient (Wildman–Crippen LogP) is 4.00. The number of halogens is 1. The van der Waals surface area contributed by atoms with Crippen molar-refractivity contribution < 1.29 is 4.79 Å². The standard InChI is InChI=1S/C25H27ClN6O/c1-14(27)12-31-8-7-16-9-20-19(11-18(16)25(31)33)28-24(30(20)2)21-10-17-5-6-22(26)29-23(17)32(21)13-15-3-4-15/h5-6,9-11,14-15H,3-4,7-8,12-13,27H2,1-2H3/t14-/m1/s1. The van der Waals surface area contributed by atoms with Gasteiger partial charge < -0.3 is 19.8 Å². The molecule has 1 saturated carbocycles. The molecule has 8 heteroatoms. The minimum absolute atomic E-state index is 0.0452. The Kier molecular flexibility index (Phi) is 4.74. The average Bonchev–Trinajstić information content (AvgIpc) is 3.46. The van der Waals surface area contributed by atoms with Crippen LogP contribution in [-0.4, -0.2) is 49.0 Å². The van der Waals surface area contributed by atoms with Crippen molar-refractivity contribution in [3.8, 4) is 11.5 Å². The first-order valence-electron chi connectivity index (χ1n) is 11.6. The van der Waals surface area contributed by atoms with Gasteiger partial charge in [0.15, 0.2) is 5.82 Å². The van der Waals surface area contributed by atoms with E-state index in [2.05, 4.69) is 26.3 Å². The number of amides is 1. The molecule has 1 aliphatic carbocycles. The number of nitrogens with two attached hydrogens (primary N) is 1. The SMILES string of the molecule is C[C@@H](N)CN1CCc2cc3c(cc2C1=O)nc(-c1cc2ccc(Cl)nc2n1CC1CC1)n3C. The highest BCUT2D eigenvalue weighted by atomic mass is 35.5. The molecule has 1 aromatic carbocycles. The van der Waals surface area contributed by atoms with Gasteiger partial charge in [0.1, 0.15) is 10.8 Å². The summed E-state index contributed by atoms with van der Waals surface area (Å²) in [7, 11) is 2.05. The second kappa shape index (κ2) is 7.57. The number of nitrogens with zero attached hydrogens (tertiary/aromatic N) is 5. The molecule has 33 heavy (non-hydrogen) atoms. The molecule has 0 unspecified atom stereocenters. The number of benzene rings is 1. The Morgan fingerprint density at radius 2 is 2.03 bits per heavy atom. The summed E-state index contributed by atoms with van der Waals surface area (Å²) in [4.78, 5) is 24.6. The van der Waals surface area contributed by atoms with Gasteiger partial charge in [0.25, 0.3) is 5.91 Å². The van der Waals surface area contributed by atoms with Crippen molar-refractivity contribution in [2.75, 3.05) is 13.1 Å². The quantitative estimate of drug-likeness (QED) is 0.454. The first kappa shape index (κ1) is 20.7. The fourth-order valence-corrected chi connectivity index (χ4v) is 5.14. The lowest BCUT2D eigenvalue weighted by atomic mass is 9.97. The summed E-state index contributed by atoms with van der Waals surface area (Å²) < 4.78 is 4.39. The smallest absolute Gasteiger partial charge is 0.254 e. The van der Waals surface area contributed by atoms with Crippen LogP contribution in [0, 0.1) is 5.92 Å². The van der Waals surface area contributed by atoms with Crippen LogP contribution >= 0.6 is 11.6 Å². The first-order valence-corrected chi connectivity index (χ1v) is 12.0. The van der Waals surface area contributed by atoms with Crippen molar-refractivity contribution in [2.24, 2.45) is 18.7 Å². The van der Waals surface area contributed by atoms with E-state index >= 15 is 0 Å². The van der Waals surface area contributed by atoms with Gasteiger partial charge in [-0.05, 0) is 68.0 Å². The van der Waals surface area contributed by atoms with E-state index < -0.39 is 0 Å². The zero-order valence-electron chi connectivity index (χ0n) is 18.9. The highest BCUT2D eigenvalue weighted by Crippen LogP contribution is 2.36. The monoisotopic (exact) mass is 462 g/mol. The highest BCUT2D eigenvalue weighted by Gasteiger charge is 2.28. The van der Waals surface area contributed by atoms with Gasteiger partial charge in [-0.3, -0.25) is 4.79 Å². The Labute approximate surface area is 197 Å². The number of rotatable bonds is 5. The van der Waals surface area contributed by atoms with Crippen molar-refractivity contribution in [1.82, 2.24) is 24.0 Å². The Balaban J connectivity index is 1.49. The maximum atomic E-state index is 13.1. The second-order valence-corrected chi connectivity index (χ2v) is 9.99. The molecule has 0 spiro atoms.